The Kier molecular flexibility index (Phi) is 36.9. The van der Waals surface area contributed by atoms with Crippen molar-refractivity contribution in [2.24, 2.45) is 0 Å². The number of carbonyl (C=O) groups excluding carboxylic acids is 1. The SMILES string of the molecule is CC/C=C\C/C=C\C/C=C\C/C=C\C/C=C\C/C=C\C/C=C\C/C=C\C/C=C\CCCC(=O)NC(COP(=O)(O)OCC[N+](C)(C)C)C(O)/C=C/CC/C=C/CCC. The fourth-order valence-electron chi connectivity index (χ4n) is 4.94. The number of carbonyl (C=O) groups is 1. The Labute approximate surface area is 354 Å². The molecule has 0 aliphatic heterocycles. The average Bonchev–Trinajstić information content (AvgIpc) is 3.17. The van der Waals surface area contributed by atoms with Crippen LogP contribution in [0.4, 0.5) is 0 Å². The van der Waals surface area contributed by atoms with Gasteiger partial charge in [0.2, 0.25) is 5.91 Å². The molecule has 0 aromatic rings. The molecule has 1 amide bonds. The van der Waals surface area contributed by atoms with Crippen LogP contribution in [0.1, 0.15) is 117 Å². The summed E-state index contributed by atoms with van der Waals surface area (Å²) in [6.45, 7) is 4.47. The zero-order valence-electron chi connectivity index (χ0n) is 36.7. The first-order chi connectivity index (χ1) is 28.0. The minimum atomic E-state index is -4.36. The molecular formula is C49H80N2O6P+. The van der Waals surface area contributed by atoms with Gasteiger partial charge in [-0.15, -0.1) is 0 Å². The minimum absolute atomic E-state index is 0.0361. The van der Waals surface area contributed by atoms with E-state index in [0.717, 1.165) is 89.9 Å². The molecule has 0 aromatic heterocycles. The highest BCUT2D eigenvalue weighted by molar-refractivity contribution is 7.47. The number of aliphatic hydroxyl groups is 1. The third-order valence-corrected chi connectivity index (χ3v) is 9.32. The molecule has 9 heteroatoms. The van der Waals surface area contributed by atoms with Crippen LogP contribution in [0.2, 0.25) is 0 Å². The van der Waals surface area contributed by atoms with E-state index in [1.807, 2.05) is 27.2 Å². The van der Waals surface area contributed by atoms with Gasteiger partial charge in [-0.05, 0) is 89.9 Å². The van der Waals surface area contributed by atoms with Crippen molar-refractivity contribution >= 4 is 13.7 Å². The zero-order valence-corrected chi connectivity index (χ0v) is 37.6. The third kappa shape index (κ3) is 40.8. The molecule has 0 aliphatic carbocycles. The fraction of sp³-hybridized carbons (Fsp3) is 0.531. The lowest BCUT2D eigenvalue weighted by Gasteiger charge is -2.25. The Bertz CT molecular complexity index is 1390. The van der Waals surface area contributed by atoms with E-state index in [0.29, 0.717) is 17.4 Å². The Morgan fingerprint density at radius 1 is 0.603 bits per heavy atom. The summed E-state index contributed by atoms with van der Waals surface area (Å²) < 4.78 is 23.3. The molecule has 8 nitrogen and oxygen atoms in total. The number of hydrogen-bond acceptors (Lipinski definition) is 5. The summed E-state index contributed by atoms with van der Waals surface area (Å²) in [6.07, 6.45) is 60.0. The van der Waals surface area contributed by atoms with Gasteiger partial charge in [-0.3, -0.25) is 13.8 Å². The van der Waals surface area contributed by atoms with E-state index in [9.17, 15) is 19.4 Å². The van der Waals surface area contributed by atoms with Crippen molar-refractivity contribution in [2.75, 3.05) is 40.9 Å². The first kappa shape index (κ1) is 54.6. The van der Waals surface area contributed by atoms with Gasteiger partial charge in [0.1, 0.15) is 13.2 Å². The van der Waals surface area contributed by atoms with Gasteiger partial charge >= 0.3 is 7.82 Å². The maximum Gasteiger partial charge on any atom is 0.472 e. The first-order valence-corrected chi connectivity index (χ1v) is 23.1. The van der Waals surface area contributed by atoms with Crippen LogP contribution in [0.25, 0.3) is 0 Å². The monoisotopic (exact) mass is 824 g/mol. The minimum Gasteiger partial charge on any atom is -0.387 e. The lowest BCUT2D eigenvalue weighted by Crippen LogP contribution is -2.45. The van der Waals surface area contributed by atoms with Gasteiger partial charge in [-0.1, -0.05) is 154 Å². The van der Waals surface area contributed by atoms with Gasteiger partial charge in [0.05, 0.1) is 39.9 Å². The van der Waals surface area contributed by atoms with Crippen molar-refractivity contribution in [2.45, 2.75) is 129 Å². The molecule has 0 bridgehead atoms. The van der Waals surface area contributed by atoms with Gasteiger partial charge in [0.25, 0.3) is 0 Å². The molecule has 3 N–H and O–H groups in total. The summed E-state index contributed by atoms with van der Waals surface area (Å²) in [6, 6.07) is -0.901. The van der Waals surface area contributed by atoms with Crippen LogP contribution in [0.3, 0.4) is 0 Å². The second kappa shape index (κ2) is 39.1. The fourth-order valence-corrected chi connectivity index (χ4v) is 5.68. The number of rotatable bonds is 36. The highest BCUT2D eigenvalue weighted by atomic mass is 31.2. The molecule has 0 saturated carbocycles. The van der Waals surface area contributed by atoms with E-state index in [4.69, 9.17) is 9.05 Å². The topological polar surface area (TPSA) is 105 Å². The van der Waals surface area contributed by atoms with Crippen molar-refractivity contribution in [3.05, 3.63) is 134 Å². The van der Waals surface area contributed by atoms with Crippen LogP contribution >= 0.6 is 7.82 Å². The molecule has 0 rings (SSSR count). The Morgan fingerprint density at radius 2 is 1.02 bits per heavy atom. The van der Waals surface area contributed by atoms with Crippen LogP contribution in [0.5, 0.6) is 0 Å². The molecule has 0 heterocycles. The first-order valence-electron chi connectivity index (χ1n) is 21.6. The van der Waals surface area contributed by atoms with Crippen LogP contribution < -0.4 is 5.32 Å². The maximum atomic E-state index is 12.8. The second-order valence-corrected chi connectivity index (χ2v) is 16.4. The Balaban J connectivity index is 4.36. The van der Waals surface area contributed by atoms with Crippen LogP contribution in [0, 0.1) is 0 Å². The summed E-state index contributed by atoms with van der Waals surface area (Å²) >= 11 is 0. The second-order valence-electron chi connectivity index (χ2n) is 15.0. The molecule has 0 aliphatic rings. The van der Waals surface area contributed by atoms with Crippen molar-refractivity contribution < 1.29 is 32.9 Å². The van der Waals surface area contributed by atoms with Crippen LogP contribution in [0.15, 0.2) is 134 Å². The number of unbranched alkanes of at least 4 members (excludes halogenated alkanes) is 3. The van der Waals surface area contributed by atoms with E-state index in [1.165, 1.54) is 0 Å². The largest absolute Gasteiger partial charge is 0.472 e. The van der Waals surface area contributed by atoms with Crippen LogP contribution in [-0.4, -0.2) is 73.4 Å². The lowest BCUT2D eigenvalue weighted by atomic mass is 10.1. The number of nitrogens with zero attached hydrogens (tertiary/aromatic N) is 1. The number of allylic oxidation sites excluding steroid dienone is 21. The van der Waals surface area contributed by atoms with Crippen molar-refractivity contribution in [1.29, 1.82) is 0 Å². The molecule has 326 valence electrons. The van der Waals surface area contributed by atoms with Gasteiger partial charge in [0.15, 0.2) is 0 Å². The van der Waals surface area contributed by atoms with E-state index >= 15 is 0 Å². The summed E-state index contributed by atoms with van der Waals surface area (Å²) in [4.78, 5) is 22.9. The average molecular weight is 824 g/mol. The lowest BCUT2D eigenvalue weighted by molar-refractivity contribution is -0.870. The maximum absolute atomic E-state index is 12.8. The number of hydrogen-bond donors (Lipinski definition) is 3. The number of phosphoric acid groups is 1. The standard InChI is InChI=1S/C49H79N2O6P/c1-6-8-10-12-14-15-16-17-18-19-20-21-22-23-24-25-26-27-28-29-30-31-32-33-34-35-37-39-41-43-49(53)50-47(48(52)42-40-38-36-13-11-9-7-2)46-57-58(54,55)56-45-44-51(3,4)5/h8,10-11,13-15,17-18,20-21,23-24,26-27,29-30,32-33,35,37,40,42,47-48,52H,6-7,9,12,16,19,22,25,28,31,34,36,38-39,41,43-46H2,1-5H3,(H-,50,53,54,55)/p+1/b10-8-,13-11+,15-14-,18-17-,21-20-,24-23-,27-26-,30-29-,33-32-,37-35-,42-40+. The number of likely N-dealkylation sites (N-methyl/N-ethyl adjacent to an activating group) is 1. The molecule has 0 fully saturated rings. The number of aliphatic hydroxyl groups excluding tert-OH is 1. The Morgan fingerprint density at radius 3 is 1.47 bits per heavy atom. The zero-order chi connectivity index (χ0) is 42.8. The number of nitrogens with one attached hydrogen (secondary N) is 1. The van der Waals surface area contributed by atoms with E-state index in [-0.39, 0.29) is 25.5 Å². The van der Waals surface area contributed by atoms with E-state index in [2.05, 4.69) is 141 Å². The summed E-state index contributed by atoms with van der Waals surface area (Å²) in [5.41, 5.74) is 0. The van der Waals surface area contributed by atoms with Crippen molar-refractivity contribution in [1.82, 2.24) is 5.32 Å². The van der Waals surface area contributed by atoms with Gasteiger partial charge in [-0.25, -0.2) is 4.57 Å². The molecule has 0 aromatic carbocycles. The third-order valence-electron chi connectivity index (χ3n) is 8.34. The number of quaternary nitrogens is 1. The smallest absolute Gasteiger partial charge is 0.387 e. The van der Waals surface area contributed by atoms with Crippen LogP contribution in [-0.2, 0) is 18.4 Å². The van der Waals surface area contributed by atoms with E-state index < -0.39 is 20.0 Å². The van der Waals surface area contributed by atoms with Gasteiger partial charge < -0.3 is 19.8 Å². The summed E-state index contributed by atoms with van der Waals surface area (Å²) in [5.74, 6) is -0.258. The van der Waals surface area contributed by atoms with Crippen molar-refractivity contribution in [3.8, 4) is 0 Å². The molecule has 0 spiro atoms. The van der Waals surface area contributed by atoms with Gasteiger partial charge in [0, 0.05) is 6.42 Å². The molecule has 3 atom stereocenters. The number of amides is 1. The number of phosphoric ester groups is 1. The molecule has 0 saturated heterocycles. The predicted octanol–water partition coefficient (Wildman–Crippen LogP) is 12.1. The Hall–Kier alpha value is -3.36. The highest BCUT2D eigenvalue weighted by Gasteiger charge is 2.27. The quantitative estimate of drug-likeness (QED) is 0.0252. The summed E-state index contributed by atoms with van der Waals surface area (Å²) in [5, 5.41) is 13.6. The normalized spacial score (nSPS) is 15.6. The molecule has 3 unspecified atom stereocenters. The van der Waals surface area contributed by atoms with Crippen molar-refractivity contribution in [3.63, 3.8) is 0 Å². The highest BCUT2D eigenvalue weighted by Crippen LogP contribution is 2.43. The molecule has 0 radical (unpaired) electrons. The summed E-state index contributed by atoms with van der Waals surface area (Å²) in [7, 11) is 1.48. The molecular weight excluding hydrogens is 744 g/mol. The van der Waals surface area contributed by atoms with Gasteiger partial charge in [-0.2, -0.15) is 0 Å². The van der Waals surface area contributed by atoms with E-state index in [1.54, 1.807) is 6.08 Å². The predicted molar refractivity (Wildman–Crippen MR) is 248 cm³/mol. The molecule has 58 heavy (non-hydrogen) atoms.